The Morgan fingerprint density at radius 2 is 1.00 bits per heavy atom. The number of aromatic nitrogens is 4. The monoisotopic (exact) mass is 769 g/mol. The van der Waals surface area contributed by atoms with Crippen LogP contribution in [0.5, 0.6) is 0 Å². The van der Waals surface area contributed by atoms with E-state index in [2.05, 4.69) is 15.0 Å². The van der Waals surface area contributed by atoms with Crippen LogP contribution in [-0.4, -0.2) is 49.5 Å². The van der Waals surface area contributed by atoms with E-state index < -0.39 is 41.8 Å². The van der Waals surface area contributed by atoms with Crippen LogP contribution >= 0.6 is 0 Å². The molecule has 10 heteroatoms. The van der Waals surface area contributed by atoms with Crippen LogP contribution in [0.15, 0.2) is 188 Å². The summed E-state index contributed by atoms with van der Waals surface area (Å²) in [6.07, 6.45) is -4.05. The van der Waals surface area contributed by atoms with Gasteiger partial charge in [0.05, 0.1) is 12.9 Å². The molecule has 9 rings (SSSR count). The van der Waals surface area contributed by atoms with Gasteiger partial charge in [0.25, 0.3) is 0 Å². The molecule has 0 spiro atoms. The second kappa shape index (κ2) is 15.8. The minimum atomic E-state index is -1.35. The van der Waals surface area contributed by atoms with Gasteiger partial charge in [-0.2, -0.15) is 14.4 Å². The molecule has 3 N–H and O–H groups in total. The molecule has 1 aliphatic rings. The van der Waals surface area contributed by atoms with Gasteiger partial charge < -0.3 is 25.1 Å². The van der Waals surface area contributed by atoms with E-state index in [-0.39, 0.29) is 23.6 Å². The molecule has 58 heavy (non-hydrogen) atoms. The molecular weight excluding hydrogens is 730 g/mol. The third kappa shape index (κ3) is 6.52. The van der Waals surface area contributed by atoms with Gasteiger partial charge >= 0.3 is 6.08 Å². The number of ether oxygens (including phenoxy) is 3. The van der Waals surface area contributed by atoms with Crippen molar-refractivity contribution in [3.8, 4) is 0 Å². The van der Waals surface area contributed by atoms with E-state index in [0.29, 0.717) is 0 Å². The maximum atomic E-state index is 14.7. The van der Waals surface area contributed by atoms with Crippen molar-refractivity contribution in [2.24, 2.45) is 0 Å². The summed E-state index contributed by atoms with van der Waals surface area (Å²) >= 11 is 0. The number of rotatable bonds is 12. The van der Waals surface area contributed by atoms with Crippen LogP contribution in [0, 0.1) is 6.08 Å². The molecule has 0 bridgehead atoms. The SMILES string of the molecule is Nc1nc(F)nc2c1ncn2[C@@H]1O[C@H](COC(c2ccccc2)(c2ccccc2)c2ccccc2)[C@@H](OC(c2ccccc2)(c2ccccc2)c2ccccc2)[C@H]1O. The normalized spacial score (nSPS) is 18.4. The lowest BCUT2D eigenvalue weighted by atomic mass is 9.79. The van der Waals surface area contributed by atoms with E-state index in [1.54, 1.807) is 0 Å². The molecule has 8 aromatic rings. The molecule has 2 aromatic heterocycles. The highest BCUT2D eigenvalue weighted by Gasteiger charge is 2.52. The van der Waals surface area contributed by atoms with Crippen LogP contribution in [0.4, 0.5) is 10.2 Å². The summed E-state index contributed by atoms with van der Waals surface area (Å²) in [4.78, 5) is 12.1. The van der Waals surface area contributed by atoms with Gasteiger partial charge in [0, 0.05) is 0 Å². The van der Waals surface area contributed by atoms with Gasteiger partial charge in [-0.1, -0.05) is 182 Å². The fraction of sp³-hybridized carbons (Fsp3) is 0.146. The fourth-order valence-corrected chi connectivity index (χ4v) is 8.23. The van der Waals surface area contributed by atoms with Crippen molar-refractivity contribution in [1.29, 1.82) is 0 Å². The third-order valence-corrected chi connectivity index (χ3v) is 10.9. The van der Waals surface area contributed by atoms with E-state index in [1.807, 2.05) is 182 Å². The van der Waals surface area contributed by atoms with Gasteiger partial charge in [0.15, 0.2) is 23.2 Å². The van der Waals surface area contributed by atoms with Gasteiger partial charge in [-0.3, -0.25) is 4.57 Å². The molecule has 1 saturated heterocycles. The zero-order valence-electron chi connectivity index (χ0n) is 31.3. The smallest absolute Gasteiger partial charge is 0.312 e. The predicted molar refractivity (Wildman–Crippen MR) is 219 cm³/mol. The molecule has 288 valence electrons. The summed E-state index contributed by atoms with van der Waals surface area (Å²) in [5.41, 5.74) is 9.19. The molecule has 0 unspecified atom stereocenters. The maximum Gasteiger partial charge on any atom is 0.312 e. The molecule has 1 aliphatic heterocycles. The number of halogens is 1. The number of anilines is 1. The molecule has 0 radical (unpaired) electrons. The Labute approximate surface area is 335 Å². The zero-order chi connectivity index (χ0) is 39.5. The summed E-state index contributed by atoms with van der Waals surface area (Å²) in [7, 11) is 0. The molecule has 4 atom stereocenters. The van der Waals surface area contributed by atoms with Crippen LogP contribution < -0.4 is 5.73 Å². The van der Waals surface area contributed by atoms with Crippen molar-refractivity contribution in [3.63, 3.8) is 0 Å². The lowest BCUT2D eigenvalue weighted by Gasteiger charge is -2.41. The standard InChI is InChI=1S/C48H40FN5O4/c49-46-52-43(50)40-44(53-46)54(32-51-40)45-41(55)42(58-48(36-25-13-4-14-26-36,37-27-15-5-16-28-37)38-29-17-6-18-30-38)39(57-45)31-56-47(33-19-7-1-8-20-33,34-21-9-2-10-22-34)35-23-11-3-12-24-35/h1-30,32,39,41-42,45,55H,31H2,(H2,50,52,53)/t39-,41-,42-,45-/m1/s1. The van der Waals surface area contributed by atoms with Gasteiger partial charge in [-0.25, -0.2) is 4.98 Å². The average Bonchev–Trinajstić information content (AvgIpc) is 3.84. The number of fused-ring (bicyclic) bond motifs is 1. The van der Waals surface area contributed by atoms with E-state index in [4.69, 9.17) is 19.9 Å². The van der Waals surface area contributed by atoms with Crippen molar-refractivity contribution in [1.82, 2.24) is 19.5 Å². The summed E-state index contributed by atoms with van der Waals surface area (Å²) in [5.74, 6) is -0.129. The van der Waals surface area contributed by atoms with Crippen LogP contribution in [0.3, 0.4) is 0 Å². The topological polar surface area (TPSA) is 118 Å². The van der Waals surface area contributed by atoms with E-state index >= 15 is 0 Å². The average molecular weight is 770 g/mol. The summed E-state index contributed by atoms with van der Waals surface area (Å²) in [6, 6.07) is 59.9. The summed E-state index contributed by atoms with van der Waals surface area (Å²) < 4.78 is 37.9. The van der Waals surface area contributed by atoms with Crippen LogP contribution in [0.1, 0.15) is 39.6 Å². The molecule has 0 aliphatic carbocycles. The van der Waals surface area contributed by atoms with Crippen molar-refractivity contribution < 1.29 is 23.7 Å². The number of aliphatic hydroxyl groups is 1. The largest absolute Gasteiger partial charge is 0.386 e. The number of nitrogens with two attached hydrogens (primary N) is 1. The number of benzene rings is 6. The second-order valence-electron chi connectivity index (χ2n) is 14.2. The Kier molecular flexibility index (Phi) is 10.1. The van der Waals surface area contributed by atoms with E-state index in [1.165, 1.54) is 10.9 Å². The lowest BCUT2D eigenvalue weighted by Crippen LogP contribution is -2.46. The molecule has 6 aromatic carbocycles. The quantitative estimate of drug-likeness (QED) is 0.0944. The number of nitrogens with zero attached hydrogens (tertiary/aromatic N) is 4. The molecule has 9 nitrogen and oxygen atoms in total. The molecule has 0 amide bonds. The first kappa shape index (κ1) is 37.0. The first-order chi connectivity index (χ1) is 28.5. The minimum Gasteiger partial charge on any atom is -0.386 e. The van der Waals surface area contributed by atoms with Crippen molar-refractivity contribution >= 4 is 17.0 Å². The molecule has 0 saturated carbocycles. The summed E-state index contributed by atoms with van der Waals surface area (Å²) in [6.45, 7) is -0.0521. The molecule has 3 heterocycles. The predicted octanol–water partition coefficient (Wildman–Crippen LogP) is 8.19. The van der Waals surface area contributed by atoms with Gasteiger partial charge in [0.2, 0.25) is 0 Å². The number of nitrogen functional groups attached to an aromatic ring is 1. The Bertz CT molecular complexity index is 2390. The minimum absolute atomic E-state index is 0.0521. The van der Waals surface area contributed by atoms with Crippen molar-refractivity contribution in [2.75, 3.05) is 12.3 Å². The maximum absolute atomic E-state index is 14.7. The number of imidazole rings is 1. The molecule has 1 fully saturated rings. The molecular formula is C48H40FN5O4. The van der Waals surface area contributed by atoms with E-state index in [0.717, 1.165) is 33.4 Å². The number of hydrogen-bond donors (Lipinski definition) is 2. The second-order valence-corrected chi connectivity index (χ2v) is 14.2. The number of aliphatic hydroxyl groups excluding tert-OH is 1. The first-order valence-corrected chi connectivity index (χ1v) is 19.1. The number of hydrogen-bond acceptors (Lipinski definition) is 8. The van der Waals surface area contributed by atoms with Crippen LogP contribution in [0.2, 0.25) is 0 Å². The Morgan fingerprint density at radius 3 is 1.41 bits per heavy atom. The van der Waals surface area contributed by atoms with E-state index in [9.17, 15) is 9.50 Å². The fourth-order valence-electron chi connectivity index (χ4n) is 8.23. The highest BCUT2D eigenvalue weighted by atomic mass is 19.1. The zero-order valence-corrected chi connectivity index (χ0v) is 31.3. The van der Waals surface area contributed by atoms with Crippen molar-refractivity contribution in [2.45, 2.75) is 35.7 Å². The summed E-state index contributed by atoms with van der Waals surface area (Å²) in [5, 5.41) is 12.7. The Balaban J connectivity index is 1.22. The Morgan fingerprint density at radius 1 is 0.603 bits per heavy atom. The van der Waals surface area contributed by atoms with Crippen LogP contribution in [0.25, 0.3) is 11.2 Å². The first-order valence-electron chi connectivity index (χ1n) is 19.1. The van der Waals surface area contributed by atoms with Gasteiger partial charge in [-0.15, -0.1) is 0 Å². The van der Waals surface area contributed by atoms with Crippen LogP contribution in [-0.2, 0) is 25.4 Å². The highest BCUT2D eigenvalue weighted by molar-refractivity contribution is 5.81. The Hall–Kier alpha value is -6.56. The third-order valence-electron chi connectivity index (χ3n) is 10.9. The van der Waals surface area contributed by atoms with Crippen molar-refractivity contribution in [3.05, 3.63) is 228 Å². The highest BCUT2D eigenvalue weighted by Crippen LogP contribution is 2.47. The lowest BCUT2D eigenvalue weighted by molar-refractivity contribution is -0.131. The van der Waals surface area contributed by atoms with Gasteiger partial charge in [-0.05, 0) is 33.4 Å². The van der Waals surface area contributed by atoms with Gasteiger partial charge in [0.1, 0.15) is 29.5 Å².